The van der Waals surface area contributed by atoms with Gasteiger partial charge in [0.05, 0.1) is 17.4 Å². The first kappa shape index (κ1) is 32.4. The molecule has 46 heavy (non-hydrogen) atoms. The highest BCUT2D eigenvalue weighted by atomic mass is 16.5. The molecule has 0 saturated heterocycles. The smallest absolute Gasteiger partial charge is 0.274 e. The molecule has 2 aromatic heterocycles. The minimum Gasteiger partial charge on any atom is -0.482 e. The van der Waals surface area contributed by atoms with E-state index in [4.69, 9.17) is 9.84 Å². The van der Waals surface area contributed by atoms with Crippen molar-refractivity contribution in [3.63, 3.8) is 0 Å². The predicted molar refractivity (Wildman–Crippen MR) is 177 cm³/mol. The number of hydrogen-bond acceptors (Lipinski definition) is 6. The van der Waals surface area contributed by atoms with Crippen LogP contribution in [0.25, 0.3) is 5.69 Å². The summed E-state index contributed by atoms with van der Waals surface area (Å²) in [5.41, 5.74) is 4.80. The second-order valence-electron chi connectivity index (χ2n) is 11.6. The third-order valence-electron chi connectivity index (χ3n) is 8.12. The number of carbonyl (C=O) groups excluding carboxylic acids is 3. The summed E-state index contributed by atoms with van der Waals surface area (Å²) in [6, 6.07) is 18.6. The van der Waals surface area contributed by atoms with E-state index in [1.807, 2.05) is 34.9 Å². The average molecular weight is 623 g/mol. The van der Waals surface area contributed by atoms with Crippen LogP contribution in [0.3, 0.4) is 0 Å². The molecule has 3 heterocycles. The molecule has 1 aliphatic heterocycles. The summed E-state index contributed by atoms with van der Waals surface area (Å²) >= 11 is 0. The summed E-state index contributed by atoms with van der Waals surface area (Å²) in [5.74, 6) is -0.176. The van der Waals surface area contributed by atoms with E-state index in [9.17, 15) is 14.4 Å². The van der Waals surface area contributed by atoms with Crippen molar-refractivity contribution in [3.8, 4) is 11.4 Å². The highest BCUT2D eigenvalue weighted by Gasteiger charge is 2.27. The maximum atomic E-state index is 14.2. The fraction of sp³-hybridized carbons (Fsp3) is 0.361. The molecule has 10 nitrogen and oxygen atoms in total. The van der Waals surface area contributed by atoms with E-state index >= 15 is 0 Å². The number of pyridine rings is 1. The van der Waals surface area contributed by atoms with Gasteiger partial charge < -0.3 is 19.9 Å². The number of anilines is 1. The lowest BCUT2D eigenvalue weighted by molar-refractivity contribution is -0.118. The number of fused-ring (bicyclic) bond motifs is 1. The zero-order valence-corrected chi connectivity index (χ0v) is 26.9. The van der Waals surface area contributed by atoms with E-state index in [0.717, 1.165) is 43.4 Å². The van der Waals surface area contributed by atoms with Crippen LogP contribution in [0.15, 0.2) is 73.1 Å². The van der Waals surface area contributed by atoms with Crippen LogP contribution in [0.4, 0.5) is 5.69 Å². The maximum absolute atomic E-state index is 14.2. The van der Waals surface area contributed by atoms with Crippen molar-refractivity contribution in [2.75, 3.05) is 31.6 Å². The Labute approximate surface area is 270 Å². The number of nitrogens with zero attached hydrogens (tertiary/aromatic N) is 5. The van der Waals surface area contributed by atoms with Crippen LogP contribution in [0.5, 0.6) is 5.75 Å². The van der Waals surface area contributed by atoms with Gasteiger partial charge in [-0.2, -0.15) is 5.10 Å². The Morgan fingerprint density at radius 3 is 2.43 bits per heavy atom. The fourth-order valence-electron chi connectivity index (χ4n) is 5.59. The number of hydrogen-bond donors (Lipinski definition) is 1. The molecule has 3 amide bonds. The van der Waals surface area contributed by atoms with Gasteiger partial charge in [0, 0.05) is 43.8 Å². The molecule has 0 unspecified atom stereocenters. The molecule has 240 valence electrons. The van der Waals surface area contributed by atoms with E-state index in [2.05, 4.69) is 30.2 Å². The highest BCUT2D eigenvalue weighted by molar-refractivity contribution is 6.01. The lowest BCUT2D eigenvalue weighted by Gasteiger charge is -2.29. The molecule has 4 aromatic rings. The first-order valence-electron chi connectivity index (χ1n) is 16.1. The van der Waals surface area contributed by atoms with Gasteiger partial charge in [-0.05, 0) is 73.7 Å². The zero-order valence-electron chi connectivity index (χ0n) is 26.9. The van der Waals surface area contributed by atoms with Gasteiger partial charge in [-0.25, -0.2) is 4.68 Å². The first-order chi connectivity index (χ1) is 22.4. The summed E-state index contributed by atoms with van der Waals surface area (Å²) in [7, 11) is 0. The van der Waals surface area contributed by atoms with E-state index < -0.39 is 0 Å². The number of unbranched alkanes of at least 4 members (excludes halogenated alkanes) is 2. The molecule has 0 atom stereocenters. The summed E-state index contributed by atoms with van der Waals surface area (Å²) in [6.07, 6.45) is 7.75. The second-order valence-corrected chi connectivity index (χ2v) is 11.6. The Kier molecular flexibility index (Phi) is 10.8. The van der Waals surface area contributed by atoms with Crippen molar-refractivity contribution < 1.29 is 19.1 Å². The van der Waals surface area contributed by atoms with Gasteiger partial charge in [0.15, 0.2) is 12.3 Å². The molecule has 10 heteroatoms. The lowest BCUT2D eigenvalue weighted by Crippen LogP contribution is -2.36. The number of amides is 3. The Hall–Kier alpha value is -4.99. The number of carbonyl (C=O) groups is 3. The highest BCUT2D eigenvalue weighted by Crippen LogP contribution is 2.27. The normalized spacial score (nSPS) is 12.4. The molecule has 0 bridgehead atoms. The van der Waals surface area contributed by atoms with Crippen molar-refractivity contribution in [2.24, 2.45) is 0 Å². The minimum atomic E-state index is -0.371. The largest absolute Gasteiger partial charge is 0.482 e. The van der Waals surface area contributed by atoms with E-state index in [-0.39, 0.29) is 24.3 Å². The van der Waals surface area contributed by atoms with E-state index in [1.54, 1.807) is 47.3 Å². The van der Waals surface area contributed by atoms with Crippen LogP contribution in [0.1, 0.15) is 77.2 Å². The number of benzene rings is 2. The number of ether oxygens (including phenoxy) is 1. The topological polar surface area (TPSA) is 110 Å². The maximum Gasteiger partial charge on any atom is 0.274 e. The van der Waals surface area contributed by atoms with Crippen molar-refractivity contribution in [1.29, 1.82) is 0 Å². The zero-order chi connectivity index (χ0) is 32.5. The van der Waals surface area contributed by atoms with Gasteiger partial charge in [0.2, 0.25) is 0 Å². The molecule has 0 spiro atoms. The molecule has 0 radical (unpaired) electrons. The van der Waals surface area contributed by atoms with Crippen LogP contribution in [-0.2, 0) is 17.8 Å². The van der Waals surface area contributed by atoms with Gasteiger partial charge in [-0.1, -0.05) is 51.0 Å². The monoisotopic (exact) mass is 622 g/mol. The van der Waals surface area contributed by atoms with Gasteiger partial charge in [-0.3, -0.25) is 19.4 Å². The van der Waals surface area contributed by atoms with Gasteiger partial charge in [-0.15, -0.1) is 0 Å². The summed E-state index contributed by atoms with van der Waals surface area (Å²) < 4.78 is 7.21. The van der Waals surface area contributed by atoms with Crippen molar-refractivity contribution in [1.82, 2.24) is 24.6 Å². The van der Waals surface area contributed by atoms with Crippen molar-refractivity contribution in [2.45, 2.75) is 59.4 Å². The van der Waals surface area contributed by atoms with Gasteiger partial charge in [0.1, 0.15) is 5.75 Å². The summed E-state index contributed by atoms with van der Waals surface area (Å²) in [5, 5.41) is 7.59. The average Bonchev–Trinajstić information content (AvgIpc) is 3.48. The summed E-state index contributed by atoms with van der Waals surface area (Å²) in [4.78, 5) is 48.3. The second kappa shape index (κ2) is 15.3. The number of rotatable bonds is 13. The molecule has 5 rings (SSSR count). The standard InChI is InChI=1S/C36H42N6O4/c1-4-6-18-40(19-7-5-2)36(45)32-21-26(3)42(39-32)33-15-14-29(38-34(43)25-46-30-13-10-17-37-23-30)22-31(33)35(44)41-20-16-27-11-8-9-12-28(27)24-41/h8-15,17,21-23H,4-7,16,18-20,24-25H2,1-3H3,(H,38,43). The Bertz CT molecular complexity index is 1660. The number of nitrogens with one attached hydrogen (secondary N) is 1. The molecule has 2 aromatic carbocycles. The summed E-state index contributed by atoms with van der Waals surface area (Å²) in [6.45, 7) is 8.30. The van der Waals surface area contributed by atoms with Crippen molar-refractivity contribution in [3.05, 3.63) is 101 Å². The molecule has 0 fully saturated rings. The van der Waals surface area contributed by atoms with Gasteiger partial charge in [0.25, 0.3) is 17.7 Å². The van der Waals surface area contributed by atoms with Crippen molar-refractivity contribution >= 4 is 23.4 Å². The third-order valence-corrected chi connectivity index (χ3v) is 8.12. The Morgan fingerprint density at radius 1 is 0.957 bits per heavy atom. The van der Waals surface area contributed by atoms with Crippen LogP contribution in [-0.4, -0.2) is 68.5 Å². The van der Waals surface area contributed by atoms with Crippen LogP contribution in [0.2, 0.25) is 0 Å². The third kappa shape index (κ3) is 7.80. The number of aromatic nitrogens is 3. The van der Waals surface area contributed by atoms with Crippen LogP contribution in [0, 0.1) is 6.92 Å². The predicted octanol–water partition coefficient (Wildman–Crippen LogP) is 5.83. The minimum absolute atomic E-state index is 0.109. The first-order valence-corrected chi connectivity index (χ1v) is 16.1. The Morgan fingerprint density at radius 2 is 1.72 bits per heavy atom. The number of aryl methyl sites for hydroxylation is 1. The SMILES string of the molecule is CCCCN(CCCC)C(=O)c1cc(C)n(-c2ccc(NC(=O)COc3cccnc3)cc2C(=O)N2CCc3ccccc3C2)n1. The van der Waals surface area contributed by atoms with Crippen LogP contribution < -0.4 is 10.1 Å². The molecular weight excluding hydrogens is 580 g/mol. The van der Waals surface area contributed by atoms with Crippen LogP contribution >= 0.6 is 0 Å². The molecular formula is C36H42N6O4. The quantitative estimate of drug-likeness (QED) is 0.201. The fourth-order valence-corrected chi connectivity index (χ4v) is 5.59. The molecule has 0 saturated carbocycles. The van der Waals surface area contributed by atoms with Gasteiger partial charge >= 0.3 is 0 Å². The van der Waals surface area contributed by atoms with E-state index in [1.165, 1.54) is 11.8 Å². The Balaban J connectivity index is 1.44. The lowest BCUT2D eigenvalue weighted by atomic mass is 9.99. The molecule has 1 aliphatic rings. The molecule has 1 N–H and O–H groups in total. The molecule has 0 aliphatic carbocycles. The van der Waals surface area contributed by atoms with E-state index in [0.29, 0.717) is 54.6 Å².